The average Bonchev–Trinajstić information content (AvgIpc) is 2.84. The van der Waals surface area contributed by atoms with Crippen LogP contribution in [-0.4, -0.2) is 37.0 Å². The molecule has 0 bridgehead atoms. The Morgan fingerprint density at radius 2 is 2.53 bits per heavy atom. The van der Waals surface area contributed by atoms with E-state index in [9.17, 15) is 4.79 Å². The van der Waals surface area contributed by atoms with Crippen LogP contribution in [0.2, 0.25) is 0 Å². The van der Waals surface area contributed by atoms with Gasteiger partial charge >= 0.3 is 0 Å². The second kappa shape index (κ2) is 4.63. The van der Waals surface area contributed by atoms with Gasteiger partial charge in [-0.05, 0) is 40.8 Å². The summed E-state index contributed by atoms with van der Waals surface area (Å²) in [4.78, 5) is 14.8. The van der Waals surface area contributed by atoms with Crippen LogP contribution >= 0.6 is 27.3 Å². The quantitative estimate of drug-likeness (QED) is 0.902. The molecule has 2 rings (SSSR count). The van der Waals surface area contributed by atoms with Crippen LogP contribution in [0.5, 0.6) is 0 Å². The molecular weight excluding hydrogens is 276 g/mol. The third-order valence-corrected chi connectivity index (χ3v) is 4.52. The topological polar surface area (TPSA) is 32.3 Å². The Morgan fingerprint density at radius 1 is 1.73 bits per heavy atom. The number of likely N-dealkylation sites (tertiary alicyclic amines) is 1. The Hall–Kier alpha value is -0.390. The maximum absolute atomic E-state index is 12.1. The highest BCUT2D eigenvalue weighted by Crippen LogP contribution is 2.25. The second-order valence-electron chi connectivity index (χ2n) is 3.62. The molecule has 82 valence electrons. The minimum Gasteiger partial charge on any atom is -0.336 e. The van der Waals surface area contributed by atoms with Crippen molar-refractivity contribution >= 4 is 33.2 Å². The van der Waals surface area contributed by atoms with Crippen molar-refractivity contribution in [1.29, 1.82) is 0 Å². The molecule has 15 heavy (non-hydrogen) atoms. The molecule has 1 amide bonds. The monoisotopic (exact) mass is 288 g/mol. The lowest BCUT2D eigenvalue weighted by Gasteiger charge is -2.15. The predicted octanol–water partition coefficient (Wildman–Crippen LogP) is 1.94. The standard InChI is InChI=1S/C10H13BrN2OS/c1-12-7-2-4-13(6-7)10(14)9-8(11)3-5-15-9/h3,5,7,12H,2,4,6H2,1H3. The summed E-state index contributed by atoms with van der Waals surface area (Å²) in [6, 6.07) is 2.37. The van der Waals surface area contributed by atoms with Gasteiger partial charge in [0.25, 0.3) is 5.91 Å². The second-order valence-corrected chi connectivity index (χ2v) is 5.39. The van der Waals surface area contributed by atoms with Crippen LogP contribution < -0.4 is 5.32 Å². The minimum absolute atomic E-state index is 0.148. The van der Waals surface area contributed by atoms with E-state index in [-0.39, 0.29) is 5.91 Å². The van der Waals surface area contributed by atoms with E-state index in [0.29, 0.717) is 6.04 Å². The van der Waals surface area contributed by atoms with Crippen molar-refractivity contribution in [1.82, 2.24) is 10.2 Å². The maximum Gasteiger partial charge on any atom is 0.265 e. The molecule has 0 aliphatic carbocycles. The number of thiophene rings is 1. The van der Waals surface area contributed by atoms with Crippen molar-refractivity contribution in [2.24, 2.45) is 0 Å². The molecule has 1 unspecified atom stereocenters. The summed E-state index contributed by atoms with van der Waals surface area (Å²) in [6.45, 7) is 1.67. The molecule has 1 fully saturated rings. The van der Waals surface area contributed by atoms with Crippen LogP contribution in [0, 0.1) is 0 Å². The van der Waals surface area contributed by atoms with Gasteiger partial charge in [-0.15, -0.1) is 11.3 Å². The van der Waals surface area contributed by atoms with Crippen molar-refractivity contribution in [2.45, 2.75) is 12.5 Å². The lowest BCUT2D eigenvalue weighted by atomic mass is 10.3. The van der Waals surface area contributed by atoms with Crippen molar-refractivity contribution in [3.8, 4) is 0 Å². The third-order valence-electron chi connectivity index (χ3n) is 2.70. The van der Waals surface area contributed by atoms with Gasteiger partial charge < -0.3 is 10.2 Å². The first kappa shape index (κ1) is 11.1. The molecule has 1 aliphatic heterocycles. The number of likely N-dealkylation sites (N-methyl/N-ethyl adjacent to an activating group) is 1. The largest absolute Gasteiger partial charge is 0.336 e. The number of hydrogen-bond acceptors (Lipinski definition) is 3. The minimum atomic E-state index is 0.148. The molecule has 3 nitrogen and oxygen atoms in total. The van der Waals surface area contributed by atoms with Gasteiger partial charge in [0.15, 0.2) is 0 Å². The predicted molar refractivity (Wildman–Crippen MR) is 65.4 cm³/mol. The summed E-state index contributed by atoms with van der Waals surface area (Å²) in [5.41, 5.74) is 0. The molecule has 1 aliphatic rings. The van der Waals surface area contributed by atoms with Crippen LogP contribution in [0.4, 0.5) is 0 Å². The van der Waals surface area contributed by atoms with Crippen molar-refractivity contribution < 1.29 is 4.79 Å². The maximum atomic E-state index is 12.1. The third kappa shape index (κ3) is 2.24. The first-order chi connectivity index (χ1) is 7.22. The molecule has 1 N–H and O–H groups in total. The number of carbonyl (C=O) groups excluding carboxylic acids is 1. The van der Waals surface area contributed by atoms with E-state index in [0.717, 1.165) is 28.9 Å². The Bertz CT molecular complexity index is 366. The Kier molecular flexibility index (Phi) is 3.43. The van der Waals surface area contributed by atoms with Crippen LogP contribution in [-0.2, 0) is 0 Å². The zero-order valence-electron chi connectivity index (χ0n) is 8.50. The fourth-order valence-electron chi connectivity index (χ4n) is 1.77. The molecular formula is C10H13BrN2OS. The van der Waals surface area contributed by atoms with Gasteiger partial charge in [-0.1, -0.05) is 0 Å². The summed E-state index contributed by atoms with van der Waals surface area (Å²) in [5.74, 6) is 0.148. The van der Waals surface area contributed by atoms with E-state index >= 15 is 0 Å². The van der Waals surface area contributed by atoms with Crippen molar-refractivity contribution in [2.75, 3.05) is 20.1 Å². The first-order valence-electron chi connectivity index (χ1n) is 4.92. The van der Waals surface area contributed by atoms with Gasteiger partial charge in [0.2, 0.25) is 0 Å². The van der Waals surface area contributed by atoms with Gasteiger partial charge in [0.1, 0.15) is 4.88 Å². The lowest BCUT2D eigenvalue weighted by molar-refractivity contribution is 0.0793. The van der Waals surface area contributed by atoms with Crippen LogP contribution in [0.1, 0.15) is 16.1 Å². The van der Waals surface area contributed by atoms with Crippen molar-refractivity contribution in [3.05, 3.63) is 20.8 Å². The zero-order valence-corrected chi connectivity index (χ0v) is 10.9. The number of nitrogens with one attached hydrogen (secondary N) is 1. The summed E-state index contributed by atoms with van der Waals surface area (Å²) >= 11 is 4.89. The van der Waals surface area contributed by atoms with E-state index in [1.165, 1.54) is 11.3 Å². The molecule has 1 saturated heterocycles. The summed E-state index contributed by atoms with van der Waals surface area (Å²) in [5, 5.41) is 5.14. The molecule has 5 heteroatoms. The number of rotatable bonds is 2. The molecule has 0 saturated carbocycles. The average molecular weight is 289 g/mol. The van der Waals surface area contributed by atoms with Gasteiger partial charge in [-0.2, -0.15) is 0 Å². The lowest BCUT2D eigenvalue weighted by Crippen LogP contribution is -2.33. The zero-order chi connectivity index (χ0) is 10.8. The van der Waals surface area contributed by atoms with E-state index in [4.69, 9.17) is 0 Å². The first-order valence-corrected chi connectivity index (χ1v) is 6.59. The summed E-state index contributed by atoms with van der Waals surface area (Å²) in [7, 11) is 1.94. The highest BCUT2D eigenvalue weighted by molar-refractivity contribution is 9.10. The van der Waals surface area contributed by atoms with Crippen molar-refractivity contribution in [3.63, 3.8) is 0 Å². The number of halogens is 1. The molecule has 1 atom stereocenters. The van der Waals surface area contributed by atoms with Crippen LogP contribution in [0.3, 0.4) is 0 Å². The Labute approximate surface area is 102 Å². The Balaban J connectivity index is 2.07. The molecule has 0 radical (unpaired) electrons. The van der Waals surface area contributed by atoms with Gasteiger partial charge in [0, 0.05) is 23.6 Å². The summed E-state index contributed by atoms with van der Waals surface area (Å²) < 4.78 is 0.908. The fraction of sp³-hybridized carbons (Fsp3) is 0.500. The van der Waals surface area contributed by atoms with E-state index < -0.39 is 0 Å². The molecule has 0 spiro atoms. The van der Waals surface area contributed by atoms with E-state index in [1.807, 2.05) is 23.4 Å². The Morgan fingerprint density at radius 3 is 3.07 bits per heavy atom. The number of amides is 1. The van der Waals surface area contributed by atoms with Crippen LogP contribution in [0.15, 0.2) is 15.9 Å². The number of nitrogens with zero attached hydrogens (tertiary/aromatic N) is 1. The van der Waals surface area contributed by atoms with Gasteiger partial charge in [-0.25, -0.2) is 0 Å². The molecule has 1 aromatic rings. The molecule has 1 aromatic heterocycles. The highest BCUT2D eigenvalue weighted by Gasteiger charge is 2.27. The molecule has 2 heterocycles. The number of hydrogen-bond donors (Lipinski definition) is 1. The van der Waals surface area contributed by atoms with E-state index in [2.05, 4.69) is 21.2 Å². The highest BCUT2D eigenvalue weighted by atomic mass is 79.9. The SMILES string of the molecule is CNC1CCN(C(=O)c2sccc2Br)C1. The number of carbonyl (C=O) groups is 1. The normalized spacial score (nSPS) is 20.9. The fourth-order valence-corrected chi connectivity index (χ4v) is 3.28. The smallest absolute Gasteiger partial charge is 0.265 e. The van der Waals surface area contributed by atoms with Gasteiger partial charge in [0.05, 0.1) is 0 Å². The van der Waals surface area contributed by atoms with Gasteiger partial charge in [-0.3, -0.25) is 4.79 Å². The van der Waals surface area contributed by atoms with E-state index in [1.54, 1.807) is 0 Å². The van der Waals surface area contributed by atoms with Crippen LogP contribution in [0.25, 0.3) is 0 Å². The summed E-state index contributed by atoms with van der Waals surface area (Å²) in [6.07, 6.45) is 1.05. The molecule has 0 aromatic carbocycles.